The molecule has 1 fully saturated rings. The quantitative estimate of drug-likeness (QED) is 0.665. The van der Waals surface area contributed by atoms with Crippen LogP contribution < -0.4 is 10.6 Å². The first-order chi connectivity index (χ1) is 9.20. The molecule has 5 nitrogen and oxygen atoms in total. The van der Waals surface area contributed by atoms with Crippen molar-refractivity contribution in [2.45, 2.75) is 52.0 Å². The van der Waals surface area contributed by atoms with Gasteiger partial charge in [0.2, 0.25) is 11.8 Å². The Morgan fingerprint density at radius 1 is 1.15 bits per heavy atom. The number of carbonyl (C=O) groups is 2. The van der Waals surface area contributed by atoms with E-state index in [0.717, 1.165) is 45.3 Å². The van der Waals surface area contributed by atoms with E-state index in [4.69, 9.17) is 0 Å². The number of rotatable bonds is 8. The molecule has 1 rings (SSSR count). The van der Waals surface area contributed by atoms with Gasteiger partial charge in [-0.05, 0) is 32.2 Å². The lowest BCUT2D eigenvalue weighted by molar-refractivity contribution is -0.138. The molecule has 1 heterocycles. The Kier molecular flexibility index (Phi) is 10.5. The SMILES string of the molecule is CCCNCCNC(=O)C1CCCN1C(=O)CCC.Cl. The van der Waals surface area contributed by atoms with Crippen molar-refractivity contribution in [3.05, 3.63) is 0 Å². The number of nitrogens with zero attached hydrogens (tertiary/aromatic N) is 1. The monoisotopic (exact) mass is 305 g/mol. The van der Waals surface area contributed by atoms with Gasteiger partial charge < -0.3 is 15.5 Å². The fourth-order valence-corrected chi connectivity index (χ4v) is 2.39. The average molecular weight is 306 g/mol. The lowest BCUT2D eigenvalue weighted by atomic mass is 10.2. The lowest BCUT2D eigenvalue weighted by Gasteiger charge is -2.23. The standard InChI is InChI=1S/C14H27N3O2.ClH/c1-3-6-13(18)17-11-5-7-12(17)14(19)16-10-9-15-8-4-2;/h12,15H,3-11H2,1-2H3,(H,16,19);1H. The summed E-state index contributed by atoms with van der Waals surface area (Å²) in [7, 11) is 0. The maximum Gasteiger partial charge on any atom is 0.242 e. The van der Waals surface area contributed by atoms with Gasteiger partial charge in [0, 0.05) is 26.1 Å². The van der Waals surface area contributed by atoms with Crippen LogP contribution in [0.4, 0.5) is 0 Å². The van der Waals surface area contributed by atoms with Gasteiger partial charge in [-0.3, -0.25) is 9.59 Å². The Balaban J connectivity index is 0.00000361. The molecule has 20 heavy (non-hydrogen) atoms. The first kappa shape index (κ1) is 19.2. The largest absolute Gasteiger partial charge is 0.353 e. The van der Waals surface area contributed by atoms with E-state index >= 15 is 0 Å². The Morgan fingerprint density at radius 2 is 1.90 bits per heavy atom. The Hall–Kier alpha value is -0.810. The molecule has 0 bridgehead atoms. The second-order valence-corrected chi connectivity index (χ2v) is 5.04. The zero-order valence-electron chi connectivity index (χ0n) is 12.6. The number of likely N-dealkylation sites (tertiary alicyclic amines) is 1. The smallest absolute Gasteiger partial charge is 0.242 e. The van der Waals surface area contributed by atoms with Crippen LogP contribution in [0.25, 0.3) is 0 Å². The first-order valence-corrected chi connectivity index (χ1v) is 7.48. The molecular weight excluding hydrogens is 278 g/mol. The van der Waals surface area contributed by atoms with E-state index in [1.54, 1.807) is 4.90 Å². The summed E-state index contributed by atoms with van der Waals surface area (Å²) in [6.07, 6.45) is 4.20. The minimum atomic E-state index is -0.245. The zero-order chi connectivity index (χ0) is 14.1. The highest BCUT2D eigenvalue weighted by molar-refractivity contribution is 5.88. The van der Waals surface area contributed by atoms with Crippen LogP contribution in [0.1, 0.15) is 46.0 Å². The van der Waals surface area contributed by atoms with Gasteiger partial charge in [-0.15, -0.1) is 12.4 Å². The predicted octanol–water partition coefficient (Wildman–Crippen LogP) is 1.32. The molecule has 0 aromatic heterocycles. The lowest BCUT2D eigenvalue weighted by Crippen LogP contribution is -2.47. The molecule has 1 unspecified atom stereocenters. The summed E-state index contributed by atoms with van der Waals surface area (Å²) in [5, 5.41) is 6.16. The van der Waals surface area contributed by atoms with Crippen molar-refractivity contribution in [1.82, 2.24) is 15.5 Å². The molecule has 1 saturated heterocycles. The minimum absolute atomic E-state index is 0. The molecule has 0 spiro atoms. The molecule has 1 aliphatic heterocycles. The molecule has 0 radical (unpaired) electrons. The van der Waals surface area contributed by atoms with Crippen molar-refractivity contribution in [1.29, 1.82) is 0 Å². The van der Waals surface area contributed by atoms with Crippen LogP contribution in [0.2, 0.25) is 0 Å². The number of nitrogens with one attached hydrogen (secondary N) is 2. The molecule has 2 amide bonds. The Bertz CT molecular complexity index is 300. The van der Waals surface area contributed by atoms with Gasteiger partial charge in [-0.2, -0.15) is 0 Å². The predicted molar refractivity (Wildman–Crippen MR) is 83.1 cm³/mol. The summed E-state index contributed by atoms with van der Waals surface area (Å²) >= 11 is 0. The summed E-state index contributed by atoms with van der Waals surface area (Å²) in [5.41, 5.74) is 0. The van der Waals surface area contributed by atoms with Gasteiger partial charge in [0.25, 0.3) is 0 Å². The van der Waals surface area contributed by atoms with Crippen LogP contribution in [-0.4, -0.2) is 48.9 Å². The van der Waals surface area contributed by atoms with Crippen LogP contribution in [-0.2, 0) is 9.59 Å². The van der Waals surface area contributed by atoms with Crippen molar-refractivity contribution in [3.63, 3.8) is 0 Å². The van der Waals surface area contributed by atoms with E-state index in [1.165, 1.54) is 0 Å². The third kappa shape index (κ3) is 6.09. The molecule has 0 aliphatic carbocycles. The molecule has 0 aromatic carbocycles. The van der Waals surface area contributed by atoms with Gasteiger partial charge in [-0.1, -0.05) is 13.8 Å². The molecule has 1 atom stereocenters. The van der Waals surface area contributed by atoms with Crippen molar-refractivity contribution < 1.29 is 9.59 Å². The number of carbonyl (C=O) groups excluding carboxylic acids is 2. The molecule has 118 valence electrons. The first-order valence-electron chi connectivity index (χ1n) is 7.48. The molecule has 0 aromatic rings. The second kappa shape index (κ2) is 10.9. The highest BCUT2D eigenvalue weighted by Gasteiger charge is 2.33. The molecule has 6 heteroatoms. The van der Waals surface area contributed by atoms with Gasteiger partial charge in [0.05, 0.1) is 0 Å². The third-order valence-corrected chi connectivity index (χ3v) is 3.37. The van der Waals surface area contributed by atoms with Crippen LogP contribution in [0.15, 0.2) is 0 Å². The number of amides is 2. The third-order valence-electron chi connectivity index (χ3n) is 3.37. The van der Waals surface area contributed by atoms with E-state index in [2.05, 4.69) is 17.6 Å². The van der Waals surface area contributed by atoms with E-state index < -0.39 is 0 Å². The minimum Gasteiger partial charge on any atom is -0.353 e. The van der Waals surface area contributed by atoms with Crippen LogP contribution in [0.5, 0.6) is 0 Å². The van der Waals surface area contributed by atoms with E-state index in [-0.39, 0.29) is 30.3 Å². The van der Waals surface area contributed by atoms with Crippen molar-refractivity contribution >= 4 is 24.2 Å². The van der Waals surface area contributed by atoms with Crippen molar-refractivity contribution in [3.8, 4) is 0 Å². The normalized spacial score (nSPS) is 17.7. The summed E-state index contributed by atoms with van der Waals surface area (Å²) in [6, 6.07) is -0.245. The van der Waals surface area contributed by atoms with E-state index in [9.17, 15) is 9.59 Å². The van der Waals surface area contributed by atoms with Crippen molar-refractivity contribution in [2.75, 3.05) is 26.2 Å². The molecular formula is C14H28ClN3O2. The van der Waals surface area contributed by atoms with Crippen LogP contribution in [0.3, 0.4) is 0 Å². The maximum atomic E-state index is 12.1. The fourth-order valence-electron chi connectivity index (χ4n) is 2.39. The average Bonchev–Trinajstić information content (AvgIpc) is 2.88. The van der Waals surface area contributed by atoms with Gasteiger partial charge >= 0.3 is 0 Å². The van der Waals surface area contributed by atoms with Gasteiger partial charge in [0.15, 0.2) is 0 Å². The summed E-state index contributed by atoms with van der Waals surface area (Å²) in [4.78, 5) is 25.7. The molecule has 1 aliphatic rings. The Morgan fingerprint density at radius 3 is 2.55 bits per heavy atom. The Labute approximate surface area is 128 Å². The van der Waals surface area contributed by atoms with E-state index in [0.29, 0.717) is 13.0 Å². The number of hydrogen-bond acceptors (Lipinski definition) is 3. The fraction of sp³-hybridized carbons (Fsp3) is 0.857. The molecule has 0 saturated carbocycles. The van der Waals surface area contributed by atoms with Crippen LogP contribution in [0, 0.1) is 0 Å². The van der Waals surface area contributed by atoms with E-state index in [1.807, 2.05) is 6.92 Å². The van der Waals surface area contributed by atoms with Gasteiger partial charge in [0.1, 0.15) is 6.04 Å². The maximum absolute atomic E-state index is 12.1. The second-order valence-electron chi connectivity index (χ2n) is 5.04. The highest BCUT2D eigenvalue weighted by Crippen LogP contribution is 2.18. The summed E-state index contributed by atoms with van der Waals surface area (Å²) in [5.74, 6) is 0.115. The van der Waals surface area contributed by atoms with Crippen LogP contribution >= 0.6 is 12.4 Å². The number of hydrogen-bond donors (Lipinski definition) is 2. The van der Waals surface area contributed by atoms with Gasteiger partial charge in [-0.25, -0.2) is 0 Å². The highest BCUT2D eigenvalue weighted by atomic mass is 35.5. The number of halogens is 1. The summed E-state index contributed by atoms with van der Waals surface area (Å²) in [6.45, 7) is 7.22. The zero-order valence-corrected chi connectivity index (χ0v) is 13.4. The summed E-state index contributed by atoms with van der Waals surface area (Å²) < 4.78 is 0. The molecule has 2 N–H and O–H groups in total. The topological polar surface area (TPSA) is 61.4 Å². The van der Waals surface area contributed by atoms with Crippen molar-refractivity contribution in [2.24, 2.45) is 0 Å².